The highest BCUT2D eigenvalue weighted by Crippen LogP contribution is 2.26. The molecule has 2 unspecified atom stereocenters. The number of piperidine rings is 1. The zero-order chi connectivity index (χ0) is 35.6. The second-order valence-electron chi connectivity index (χ2n) is 13.3. The molecule has 274 valence electrons. The van der Waals surface area contributed by atoms with Crippen molar-refractivity contribution in [2.75, 3.05) is 65.7 Å². The molecule has 48 heavy (non-hydrogen) atoms. The van der Waals surface area contributed by atoms with Crippen LogP contribution < -0.4 is 16.4 Å². The largest absolute Gasteiger partial charge is 0.494 e. The van der Waals surface area contributed by atoms with Crippen molar-refractivity contribution in [2.45, 2.75) is 76.1 Å². The number of likely N-dealkylation sites (tertiary alicyclic amines) is 2. The summed E-state index contributed by atoms with van der Waals surface area (Å²) in [6.07, 6.45) is 10.6. The van der Waals surface area contributed by atoms with E-state index >= 15 is 0 Å². The molecule has 0 aromatic heterocycles. The third kappa shape index (κ3) is 14.3. The molecule has 13 heteroatoms. The number of carbonyl (C=O) groups excluding carboxylic acids is 1. The van der Waals surface area contributed by atoms with Crippen molar-refractivity contribution in [3.05, 3.63) is 60.3 Å². The first-order valence-electron chi connectivity index (χ1n) is 17.0. The molecule has 2 atom stereocenters. The third-order valence-corrected chi connectivity index (χ3v) is 9.55. The summed E-state index contributed by atoms with van der Waals surface area (Å²) in [6.45, 7) is 12.7. The normalized spacial score (nSPS) is 20.5. The number of aliphatic hydroxyl groups is 4. The Morgan fingerprint density at radius 3 is 2.46 bits per heavy atom. The standard InChI is InChI=1S/C35H59ClFN5O6/c1-4-5-6-7-10-30(20-36)40-33(38)41-14-11-29(12-15-41)9-8-17-48-28(3)19-31(37)27(2)18-32(46)42-16-13-35(47,23-42)22-39-21-34(24-43,25-44)26-45/h4,19-20,29,33,39-40,43-45,47H,1-3,5-18,21-26,38H2/b30-20-,31-19+. The fourth-order valence-electron chi connectivity index (χ4n) is 5.89. The molecule has 0 bridgehead atoms. The van der Waals surface area contributed by atoms with E-state index in [0.717, 1.165) is 76.2 Å². The van der Waals surface area contributed by atoms with Crippen LogP contribution in [0.1, 0.15) is 64.2 Å². The predicted molar refractivity (Wildman–Crippen MR) is 188 cm³/mol. The fraction of sp³-hybridized carbons (Fsp3) is 0.686. The van der Waals surface area contributed by atoms with Gasteiger partial charge < -0.3 is 40.7 Å². The number of halogens is 2. The van der Waals surface area contributed by atoms with Crippen molar-refractivity contribution in [3.63, 3.8) is 0 Å². The number of nitrogens with zero attached hydrogens (tertiary/aromatic N) is 2. The van der Waals surface area contributed by atoms with Crippen molar-refractivity contribution in [2.24, 2.45) is 17.1 Å². The minimum absolute atomic E-state index is 0.00209. The van der Waals surface area contributed by atoms with E-state index in [2.05, 4.69) is 35.3 Å². The van der Waals surface area contributed by atoms with Crippen molar-refractivity contribution in [1.82, 2.24) is 20.4 Å². The quantitative estimate of drug-likeness (QED) is 0.0262. The molecule has 11 nitrogen and oxygen atoms in total. The van der Waals surface area contributed by atoms with E-state index in [0.29, 0.717) is 25.5 Å². The third-order valence-electron chi connectivity index (χ3n) is 9.29. The van der Waals surface area contributed by atoms with Crippen LogP contribution in [0.5, 0.6) is 0 Å². The molecule has 0 aromatic rings. The molecule has 2 heterocycles. The number of amides is 1. The van der Waals surface area contributed by atoms with Gasteiger partial charge in [-0.2, -0.15) is 0 Å². The molecule has 2 fully saturated rings. The summed E-state index contributed by atoms with van der Waals surface area (Å²) in [5.41, 5.74) is 6.59. The molecule has 0 aliphatic carbocycles. The molecule has 2 rings (SSSR count). The highest BCUT2D eigenvalue weighted by Gasteiger charge is 2.39. The van der Waals surface area contributed by atoms with E-state index in [1.165, 1.54) is 4.90 Å². The van der Waals surface area contributed by atoms with Gasteiger partial charge in [0.15, 0.2) is 0 Å². The summed E-state index contributed by atoms with van der Waals surface area (Å²) < 4.78 is 20.5. The number of allylic oxidation sites excluding steroid dienone is 4. The summed E-state index contributed by atoms with van der Waals surface area (Å²) in [7, 11) is 0. The zero-order valence-corrected chi connectivity index (χ0v) is 29.2. The van der Waals surface area contributed by atoms with Gasteiger partial charge >= 0.3 is 0 Å². The van der Waals surface area contributed by atoms with Crippen LogP contribution >= 0.6 is 11.6 Å². The topological polar surface area (TPSA) is 164 Å². The van der Waals surface area contributed by atoms with Crippen LogP contribution in [0, 0.1) is 11.3 Å². The lowest BCUT2D eigenvalue weighted by Gasteiger charge is -2.36. The predicted octanol–water partition coefficient (Wildman–Crippen LogP) is 2.98. The summed E-state index contributed by atoms with van der Waals surface area (Å²) in [4.78, 5) is 16.5. The highest BCUT2D eigenvalue weighted by atomic mass is 35.5. The number of nitrogens with one attached hydrogen (secondary N) is 2. The second kappa shape index (κ2) is 21.7. The van der Waals surface area contributed by atoms with Gasteiger partial charge in [-0.3, -0.25) is 15.4 Å². The van der Waals surface area contributed by atoms with E-state index in [9.17, 15) is 29.6 Å². The lowest BCUT2D eigenvalue weighted by molar-refractivity contribution is -0.130. The van der Waals surface area contributed by atoms with Crippen molar-refractivity contribution < 1.29 is 34.3 Å². The van der Waals surface area contributed by atoms with Gasteiger partial charge in [0.2, 0.25) is 5.91 Å². The van der Waals surface area contributed by atoms with Crippen LogP contribution in [0.25, 0.3) is 0 Å². The van der Waals surface area contributed by atoms with Gasteiger partial charge in [0.25, 0.3) is 0 Å². The van der Waals surface area contributed by atoms with Crippen LogP contribution in [0.3, 0.4) is 0 Å². The lowest BCUT2D eigenvalue weighted by atomic mass is 9.91. The molecular weight excluding hydrogens is 641 g/mol. The number of nitrogens with two attached hydrogens (primary N) is 1. The SMILES string of the molecule is C=CCCCC/C(=C/Cl)NC(N)N1CCC(CCCOC(=C)/C=C(/F)C(=C)CC(=O)N2CCC(O)(CNCC(CO)(CO)CO)C2)CC1. The number of β-amino-alcohol motifs (C(OH)–C–C–N with tert-alkyl or cyclic N) is 1. The van der Waals surface area contributed by atoms with Gasteiger partial charge in [-0.15, -0.1) is 6.58 Å². The second-order valence-corrected chi connectivity index (χ2v) is 13.6. The van der Waals surface area contributed by atoms with Gasteiger partial charge in [-0.25, -0.2) is 4.39 Å². The monoisotopic (exact) mass is 699 g/mol. The van der Waals surface area contributed by atoms with Gasteiger partial charge in [-0.1, -0.05) is 30.8 Å². The van der Waals surface area contributed by atoms with Crippen LogP contribution in [0.15, 0.2) is 60.3 Å². The fourth-order valence-corrected chi connectivity index (χ4v) is 6.07. The Hall–Kier alpha value is -2.29. The number of rotatable bonds is 24. The Labute approximate surface area is 291 Å². The van der Waals surface area contributed by atoms with E-state index in [-0.39, 0.29) is 49.6 Å². The number of unbranched alkanes of at least 4 members (excludes halogenated alkanes) is 2. The van der Waals surface area contributed by atoms with E-state index in [4.69, 9.17) is 22.1 Å². The Balaban J connectivity index is 1.65. The maximum atomic E-state index is 14.8. The molecule has 0 saturated carbocycles. The molecular formula is C35H59ClFN5O6. The average Bonchev–Trinajstić information content (AvgIpc) is 3.48. The zero-order valence-electron chi connectivity index (χ0n) is 28.5. The maximum absolute atomic E-state index is 14.8. The van der Waals surface area contributed by atoms with Crippen molar-refractivity contribution in [3.8, 4) is 0 Å². The van der Waals surface area contributed by atoms with Crippen LogP contribution in [0.4, 0.5) is 4.39 Å². The molecule has 2 aliphatic heterocycles. The van der Waals surface area contributed by atoms with E-state index in [1.807, 2.05) is 6.08 Å². The number of ether oxygens (including phenoxy) is 1. The lowest BCUT2D eigenvalue weighted by Crippen LogP contribution is -2.54. The molecule has 1 amide bonds. The molecule has 8 N–H and O–H groups in total. The Morgan fingerprint density at radius 1 is 1.15 bits per heavy atom. The number of hydrogen-bond acceptors (Lipinski definition) is 10. The molecule has 0 radical (unpaired) electrons. The van der Waals surface area contributed by atoms with Gasteiger partial charge in [-0.05, 0) is 69.3 Å². The van der Waals surface area contributed by atoms with E-state index in [1.54, 1.807) is 5.54 Å². The smallest absolute Gasteiger partial charge is 0.227 e. The number of hydrogen-bond donors (Lipinski definition) is 7. The van der Waals surface area contributed by atoms with Crippen molar-refractivity contribution >= 4 is 17.5 Å². The van der Waals surface area contributed by atoms with Crippen molar-refractivity contribution in [1.29, 1.82) is 0 Å². The van der Waals surface area contributed by atoms with Gasteiger partial charge in [0, 0.05) is 50.0 Å². The number of carbonyl (C=O) groups is 1. The summed E-state index contributed by atoms with van der Waals surface area (Å²) >= 11 is 6.00. The van der Waals surface area contributed by atoms with Crippen LogP contribution in [-0.2, 0) is 9.53 Å². The van der Waals surface area contributed by atoms with Crippen LogP contribution in [-0.4, -0.2) is 114 Å². The van der Waals surface area contributed by atoms with Gasteiger partial charge in [0.1, 0.15) is 17.9 Å². The van der Waals surface area contributed by atoms with E-state index < -0.39 is 36.7 Å². The Kier molecular flexibility index (Phi) is 19.0. The maximum Gasteiger partial charge on any atom is 0.227 e. The summed E-state index contributed by atoms with van der Waals surface area (Å²) in [6, 6.07) is 0. The highest BCUT2D eigenvalue weighted by molar-refractivity contribution is 6.25. The summed E-state index contributed by atoms with van der Waals surface area (Å²) in [5, 5.41) is 45.6. The first kappa shape index (κ1) is 41.9. The average molecular weight is 700 g/mol. The molecule has 0 aromatic carbocycles. The van der Waals surface area contributed by atoms with Crippen LogP contribution in [0.2, 0.25) is 0 Å². The minimum Gasteiger partial charge on any atom is -0.494 e. The Morgan fingerprint density at radius 2 is 1.83 bits per heavy atom. The molecule has 0 spiro atoms. The first-order chi connectivity index (χ1) is 22.9. The summed E-state index contributed by atoms with van der Waals surface area (Å²) in [5.74, 6) is -0.329. The minimum atomic E-state index is -1.22. The first-order valence-corrected chi connectivity index (χ1v) is 17.4. The Bertz CT molecular complexity index is 1090. The molecule has 2 saturated heterocycles. The van der Waals surface area contributed by atoms with Gasteiger partial charge in [0.05, 0.1) is 50.4 Å². The molecule has 2 aliphatic rings. The number of aliphatic hydroxyl groups excluding tert-OH is 3.